The van der Waals surface area contributed by atoms with E-state index in [2.05, 4.69) is 5.10 Å². The molecule has 3 nitrogen and oxygen atoms in total. The van der Waals surface area contributed by atoms with E-state index < -0.39 is 0 Å². The third kappa shape index (κ3) is 1.63. The molecule has 0 saturated heterocycles. The van der Waals surface area contributed by atoms with E-state index in [1.54, 1.807) is 4.68 Å². The van der Waals surface area contributed by atoms with Crippen molar-refractivity contribution in [2.45, 2.75) is 0 Å². The summed E-state index contributed by atoms with van der Waals surface area (Å²) in [5, 5.41) is 5.07. The molecule has 4 heteroatoms. The molecule has 0 radical (unpaired) electrons. The second-order valence-electron chi connectivity index (χ2n) is 3.23. The van der Waals surface area contributed by atoms with Crippen LogP contribution in [-0.2, 0) is 14.1 Å². The molecule has 0 atom stereocenters. The quantitative estimate of drug-likeness (QED) is 0.652. The van der Waals surface area contributed by atoms with Crippen LogP contribution in [0.25, 0.3) is 11.4 Å². The maximum atomic E-state index is 5.91. The van der Waals surface area contributed by atoms with Crippen molar-refractivity contribution in [1.82, 2.24) is 9.78 Å². The van der Waals surface area contributed by atoms with Crippen molar-refractivity contribution in [2.24, 2.45) is 14.1 Å². The van der Waals surface area contributed by atoms with Crippen molar-refractivity contribution in [2.75, 3.05) is 0 Å². The monoisotopic (exact) mass is 208 g/mol. The summed E-state index contributed by atoms with van der Waals surface area (Å²) >= 11 is 5.91. The van der Waals surface area contributed by atoms with Gasteiger partial charge in [0.1, 0.15) is 0 Å². The van der Waals surface area contributed by atoms with Gasteiger partial charge in [0.15, 0.2) is 0 Å². The van der Waals surface area contributed by atoms with Gasteiger partial charge in [-0.3, -0.25) is 0 Å². The third-order valence-electron chi connectivity index (χ3n) is 2.01. The molecule has 0 N–H and O–H groups in total. The van der Waals surface area contributed by atoms with E-state index >= 15 is 0 Å². The largest absolute Gasteiger partial charge is 0.308 e. The number of hydrogen-bond donors (Lipinski definition) is 0. The Morgan fingerprint density at radius 2 is 2.21 bits per heavy atom. The van der Waals surface area contributed by atoms with Crippen LogP contribution in [0.15, 0.2) is 30.6 Å². The molecule has 0 bridgehead atoms. The molecule has 2 rings (SSSR count). The smallest absolute Gasteiger partial charge is 0.233 e. The highest BCUT2D eigenvalue weighted by Crippen LogP contribution is 2.17. The van der Waals surface area contributed by atoms with E-state index in [0.717, 1.165) is 16.4 Å². The Balaban J connectivity index is 2.54. The van der Waals surface area contributed by atoms with Crippen LogP contribution in [0.3, 0.4) is 0 Å². The average molecular weight is 209 g/mol. The number of aryl methyl sites for hydroxylation is 2. The van der Waals surface area contributed by atoms with Gasteiger partial charge in [-0.1, -0.05) is 17.7 Å². The van der Waals surface area contributed by atoms with E-state index in [4.69, 9.17) is 11.6 Å². The minimum atomic E-state index is 0.730. The van der Waals surface area contributed by atoms with E-state index in [-0.39, 0.29) is 0 Å². The summed E-state index contributed by atoms with van der Waals surface area (Å²) in [6, 6.07) is 7.68. The molecule has 72 valence electrons. The van der Waals surface area contributed by atoms with E-state index in [9.17, 15) is 0 Å². The first-order valence-electron chi connectivity index (χ1n) is 4.32. The number of hydrogen-bond acceptors (Lipinski definition) is 1. The van der Waals surface area contributed by atoms with Gasteiger partial charge < -0.3 is 0 Å². The van der Waals surface area contributed by atoms with Gasteiger partial charge in [-0.2, -0.15) is 0 Å². The maximum absolute atomic E-state index is 5.91. The second-order valence-corrected chi connectivity index (χ2v) is 3.67. The fourth-order valence-electron chi connectivity index (χ4n) is 1.44. The molecule has 1 aromatic carbocycles. The summed E-state index contributed by atoms with van der Waals surface area (Å²) in [7, 11) is 3.86. The zero-order chi connectivity index (χ0) is 10.1. The van der Waals surface area contributed by atoms with Crippen LogP contribution in [0.4, 0.5) is 0 Å². The van der Waals surface area contributed by atoms with Crippen LogP contribution in [0.2, 0.25) is 5.02 Å². The molecule has 2 aromatic rings. The molecule has 0 aliphatic rings. The molecule has 0 spiro atoms. The highest BCUT2D eigenvalue weighted by atomic mass is 35.5. The summed E-state index contributed by atoms with van der Waals surface area (Å²) in [4.78, 5) is 0. The fraction of sp³-hybridized carbons (Fsp3) is 0.200. The molecule has 0 fully saturated rings. The van der Waals surface area contributed by atoms with Gasteiger partial charge in [-0.15, -0.1) is 4.68 Å². The Bertz CT molecular complexity index is 462. The predicted octanol–water partition coefficient (Wildman–Crippen LogP) is 1.56. The van der Waals surface area contributed by atoms with Gasteiger partial charge in [-0.25, -0.2) is 4.57 Å². The van der Waals surface area contributed by atoms with Gasteiger partial charge in [0.25, 0.3) is 0 Å². The number of benzene rings is 1. The van der Waals surface area contributed by atoms with Crippen LogP contribution in [0, 0.1) is 0 Å². The predicted molar refractivity (Wildman–Crippen MR) is 54.8 cm³/mol. The molecule has 1 aromatic heterocycles. The van der Waals surface area contributed by atoms with Gasteiger partial charge in [0, 0.05) is 10.1 Å². The number of aromatic nitrogens is 3. The first-order chi connectivity index (χ1) is 6.66. The normalized spacial score (nSPS) is 10.5. The van der Waals surface area contributed by atoms with E-state index in [1.165, 1.54) is 0 Å². The van der Waals surface area contributed by atoms with Crippen molar-refractivity contribution in [3.8, 4) is 11.4 Å². The maximum Gasteiger partial charge on any atom is 0.308 e. The summed E-state index contributed by atoms with van der Waals surface area (Å²) < 4.78 is 3.74. The highest BCUT2D eigenvalue weighted by Gasteiger charge is 2.13. The molecule has 14 heavy (non-hydrogen) atoms. The van der Waals surface area contributed by atoms with Crippen molar-refractivity contribution >= 4 is 11.6 Å². The molecule has 0 aliphatic carbocycles. The Morgan fingerprint density at radius 3 is 2.79 bits per heavy atom. The van der Waals surface area contributed by atoms with Gasteiger partial charge in [-0.05, 0) is 18.2 Å². The molecule has 0 amide bonds. The Labute approximate surface area is 87.6 Å². The third-order valence-corrected chi connectivity index (χ3v) is 2.24. The van der Waals surface area contributed by atoms with Crippen molar-refractivity contribution in [3.63, 3.8) is 0 Å². The zero-order valence-electron chi connectivity index (χ0n) is 8.11. The van der Waals surface area contributed by atoms with Crippen LogP contribution >= 0.6 is 11.6 Å². The first kappa shape index (κ1) is 9.21. The molecule has 0 saturated carbocycles. The highest BCUT2D eigenvalue weighted by molar-refractivity contribution is 6.30. The molecular formula is C10H11ClN3+. The lowest BCUT2D eigenvalue weighted by Gasteiger charge is -1.94. The van der Waals surface area contributed by atoms with Gasteiger partial charge in [0.05, 0.1) is 19.7 Å². The van der Waals surface area contributed by atoms with E-state index in [1.807, 2.05) is 49.3 Å². The lowest BCUT2D eigenvalue weighted by molar-refractivity contribution is -0.661. The average Bonchev–Trinajstić information content (AvgIpc) is 2.45. The van der Waals surface area contributed by atoms with Crippen molar-refractivity contribution in [3.05, 3.63) is 35.6 Å². The lowest BCUT2D eigenvalue weighted by Crippen LogP contribution is -2.27. The Morgan fingerprint density at radius 1 is 1.43 bits per heavy atom. The minimum absolute atomic E-state index is 0.730. The lowest BCUT2D eigenvalue weighted by atomic mass is 10.2. The fourth-order valence-corrected chi connectivity index (χ4v) is 1.63. The van der Waals surface area contributed by atoms with Crippen LogP contribution < -0.4 is 4.57 Å². The van der Waals surface area contributed by atoms with Crippen molar-refractivity contribution in [1.29, 1.82) is 0 Å². The molecule has 1 heterocycles. The zero-order valence-corrected chi connectivity index (χ0v) is 8.86. The van der Waals surface area contributed by atoms with Crippen LogP contribution in [0.5, 0.6) is 0 Å². The second kappa shape index (κ2) is 3.42. The molecular weight excluding hydrogens is 198 g/mol. The van der Waals surface area contributed by atoms with Crippen LogP contribution in [0.1, 0.15) is 0 Å². The van der Waals surface area contributed by atoms with Gasteiger partial charge in [0.2, 0.25) is 6.33 Å². The van der Waals surface area contributed by atoms with Gasteiger partial charge >= 0.3 is 5.82 Å². The standard InChI is InChI=1S/C10H11ClN3/c1-13-7-14(2)12-10(13)8-4-3-5-9(11)6-8/h3-7H,1-2H3/q+1. The number of halogens is 1. The summed E-state index contributed by atoms with van der Waals surface area (Å²) in [5.41, 5.74) is 1.03. The minimum Gasteiger partial charge on any atom is -0.233 e. The SMILES string of the molecule is Cn1c[n+](C)c(-c2cccc(Cl)c2)n1. The number of rotatable bonds is 1. The Kier molecular flexibility index (Phi) is 2.25. The van der Waals surface area contributed by atoms with E-state index in [0.29, 0.717) is 0 Å². The summed E-state index contributed by atoms with van der Waals surface area (Å²) in [6.07, 6.45) is 1.91. The summed E-state index contributed by atoms with van der Waals surface area (Å²) in [5.74, 6) is 0.912. The Hall–Kier alpha value is -1.35. The number of nitrogens with zero attached hydrogens (tertiary/aromatic N) is 3. The first-order valence-corrected chi connectivity index (χ1v) is 4.70. The van der Waals surface area contributed by atoms with Crippen molar-refractivity contribution < 1.29 is 4.57 Å². The molecule has 0 unspecified atom stereocenters. The topological polar surface area (TPSA) is 21.7 Å². The van der Waals surface area contributed by atoms with Crippen LogP contribution in [-0.4, -0.2) is 9.78 Å². The molecule has 0 aliphatic heterocycles. The summed E-state index contributed by atoms with van der Waals surface area (Å²) in [6.45, 7) is 0.